The topological polar surface area (TPSA) is 75.6 Å². The maximum absolute atomic E-state index is 13.9. The second kappa shape index (κ2) is 6.53. The highest BCUT2D eigenvalue weighted by atomic mass is 79.9. The number of carboxylic acids is 1. The predicted octanol–water partition coefficient (Wildman–Crippen LogP) is 3.67. The van der Waals surface area contributed by atoms with Gasteiger partial charge >= 0.3 is 12.1 Å². The molecule has 0 spiro atoms. The number of amides is 1. The lowest BCUT2D eigenvalue weighted by molar-refractivity contribution is 0.0697. The highest BCUT2D eigenvalue weighted by molar-refractivity contribution is 9.10. The van der Waals surface area contributed by atoms with Crippen molar-refractivity contribution in [1.29, 1.82) is 0 Å². The summed E-state index contributed by atoms with van der Waals surface area (Å²) in [4.78, 5) is 22.3. The van der Waals surface area contributed by atoms with Crippen molar-refractivity contribution in [3.8, 4) is 0 Å². The van der Waals surface area contributed by atoms with Crippen LogP contribution in [0.25, 0.3) is 0 Å². The van der Waals surface area contributed by atoms with Crippen molar-refractivity contribution in [1.82, 2.24) is 0 Å². The fourth-order valence-corrected chi connectivity index (χ4v) is 1.66. The SMILES string of the molecule is C=CCOC(=O)Nc1c(C(=O)O)cc(Cl)c(Br)c1F. The molecule has 0 aromatic heterocycles. The standard InChI is InChI=1S/C11H8BrClFNO4/c1-2-3-19-11(18)15-9-5(10(16)17)4-6(13)7(12)8(9)14/h2,4H,1,3H2,(H,15,18)(H,16,17). The third-order valence-electron chi connectivity index (χ3n) is 1.95. The first kappa shape index (κ1) is 15.5. The van der Waals surface area contributed by atoms with E-state index in [0.717, 1.165) is 6.07 Å². The molecule has 1 aromatic rings. The number of nitrogens with one attached hydrogen (secondary N) is 1. The molecule has 1 amide bonds. The molecular weight excluding hydrogens is 344 g/mol. The molecule has 19 heavy (non-hydrogen) atoms. The van der Waals surface area contributed by atoms with Crippen LogP contribution in [-0.2, 0) is 4.74 Å². The fraction of sp³-hybridized carbons (Fsp3) is 0.0909. The van der Waals surface area contributed by atoms with Crippen molar-refractivity contribution in [2.45, 2.75) is 0 Å². The molecule has 102 valence electrons. The summed E-state index contributed by atoms with van der Waals surface area (Å²) in [5.74, 6) is -2.44. The molecule has 0 unspecified atom stereocenters. The van der Waals surface area contributed by atoms with E-state index >= 15 is 0 Å². The van der Waals surface area contributed by atoms with E-state index < -0.39 is 29.1 Å². The van der Waals surface area contributed by atoms with Gasteiger partial charge in [0.15, 0.2) is 5.82 Å². The van der Waals surface area contributed by atoms with Crippen LogP contribution in [0.3, 0.4) is 0 Å². The average molecular weight is 353 g/mol. The number of halogens is 3. The van der Waals surface area contributed by atoms with Gasteiger partial charge in [-0.2, -0.15) is 0 Å². The number of rotatable bonds is 4. The third kappa shape index (κ3) is 3.68. The van der Waals surface area contributed by atoms with Crippen LogP contribution in [0.1, 0.15) is 10.4 Å². The zero-order valence-electron chi connectivity index (χ0n) is 9.37. The van der Waals surface area contributed by atoms with Gasteiger partial charge in [0.05, 0.1) is 20.7 Å². The summed E-state index contributed by atoms with van der Waals surface area (Å²) in [6.45, 7) is 3.24. The Morgan fingerprint density at radius 1 is 1.63 bits per heavy atom. The van der Waals surface area contributed by atoms with Crippen molar-refractivity contribution < 1.29 is 23.8 Å². The van der Waals surface area contributed by atoms with E-state index in [-0.39, 0.29) is 16.1 Å². The number of ether oxygens (including phenoxy) is 1. The molecule has 1 aromatic carbocycles. The molecule has 0 aliphatic carbocycles. The van der Waals surface area contributed by atoms with Gasteiger partial charge in [0, 0.05) is 0 Å². The summed E-state index contributed by atoms with van der Waals surface area (Å²) in [6.07, 6.45) is 0.307. The maximum atomic E-state index is 13.9. The molecule has 2 N–H and O–H groups in total. The molecular formula is C11H8BrClFNO4. The van der Waals surface area contributed by atoms with E-state index in [1.54, 1.807) is 0 Å². The Labute approximate surface area is 121 Å². The maximum Gasteiger partial charge on any atom is 0.412 e. The Hall–Kier alpha value is -1.60. The summed E-state index contributed by atoms with van der Waals surface area (Å²) < 4.78 is 18.3. The zero-order valence-corrected chi connectivity index (χ0v) is 11.7. The number of hydrogen-bond acceptors (Lipinski definition) is 3. The molecule has 0 atom stereocenters. The Morgan fingerprint density at radius 2 is 2.26 bits per heavy atom. The normalized spacial score (nSPS) is 9.84. The molecule has 0 radical (unpaired) electrons. The molecule has 0 fully saturated rings. The van der Waals surface area contributed by atoms with Crippen molar-refractivity contribution in [2.75, 3.05) is 11.9 Å². The summed E-state index contributed by atoms with van der Waals surface area (Å²) in [7, 11) is 0. The fourth-order valence-electron chi connectivity index (χ4n) is 1.16. The second-order valence-corrected chi connectivity index (χ2v) is 4.43. The molecule has 0 aliphatic heterocycles. The van der Waals surface area contributed by atoms with Gasteiger partial charge in [-0.25, -0.2) is 14.0 Å². The third-order valence-corrected chi connectivity index (χ3v) is 3.25. The average Bonchev–Trinajstić information content (AvgIpc) is 2.36. The summed E-state index contributed by atoms with van der Waals surface area (Å²) >= 11 is 8.50. The number of carbonyl (C=O) groups excluding carboxylic acids is 1. The van der Waals surface area contributed by atoms with Crippen LogP contribution < -0.4 is 5.32 Å². The number of hydrogen-bond donors (Lipinski definition) is 2. The van der Waals surface area contributed by atoms with E-state index in [2.05, 4.69) is 27.2 Å². The first-order chi connectivity index (χ1) is 8.88. The molecule has 8 heteroatoms. The van der Waals surface area contributed by atoms with Crippen LogP contribution in [0.4, 0.5) is 14.9 Å². The summed E-state index contributed by atoms with van der Waals surface area (Å²) in [5, 5.41) is 10.8. The molecule has 0 saturated carbocycles. The van der Waals surface area contributed by atoms with Gasteiger partial charge in [-0.1, -0.05) is 24.3 Å². The molecule has 0 heterocycles. The van der Waals surface area contributed by atoms with Crippen molar-refractivity contribution in [3.05, 3.63) is 39.6 Å². The van der Waals surface area contributed by atoms with Crippen LogP contribution in [-0.4, -0.2) is 23.8 Å². The molecule has 0 saturated heterocycles. The summed E-state index contributed by atoms with van der Waals surface area (Å²) in [6, 6.07) is 1.01. The second-order valence-electron chi connectivity index (χ2n) is 3.23. The van der Waals surface area contributed by atoms with Crippen LogP contribution in [0.15, 0.2) is 23.2 Å². The number of carboxylic acid groups (broad SMARTS) is 1. The largest absolute Gasteiger partial charge is 0.478 e. The number of benzene rings is 1. The van der Waals surface area contributed by atoms with Crippen molar-refractivity contribution in [3.63, 3.8) is 0 Å². The Balaban J connectivity index is 3.17. The van der Waals surface area contributed by atoms with Gasteiger partial charge in [-0.3, -0.25) is 5.32 Å². The van der Waals surface area contributed by atoms with Gasteiger partial charge < -0.3 is 9.84 Å². The first-order valence-corrected chi connectivity index (χ1v) is 6.01. The lowest BCUT2D eigenvalue weighted by Crippen LogP contribution is -2.17. The monoisotopic (exact) mass is 351 g/mol. The number of anilines is 1. The molecule has 5 nitrogen and oxygen atoms in total. The predicted molar refractivity (Wildman–Crippen MR) is 71.2 cm³/mol. The highest BCUT2D eigenvalue weighted by Gasteiger charge is 2.22. The summed E-state index contributed by atoms with van der Waals surface area (Å²) in [5.41, 5.74) is -1.01. The molecule has 0 aliphatic rings. The number of carbonyl (C=O) groups is 2. The molecule has 0 bridgehead atoms. The highest BCUT2D eigenvalue weighted by Crippen LogP contribution is 2.33. The lowest BCUT2D eigenvalue weighted by atomic mass is 10.1. The van der Waals surface area contributed by atoms with Gasteiger partial charge in [0.1, 0.15) is 6.61 Å². The quantitative estimate of drug-likeness (QED) is 0.640. The van der Waals surface area contributed by atoms with Gasteiger partial charge in [0.25, 0.3) is 0 Å². The van der Waals surface area contributed by atoms with Crippen molar-refractivity contribution >= 4 is 45.3 Å². The number of aromatic carboxylic acids is 1. The minimum Gasteiger partial charge on any atom is -0.478 e. The van der Waals surface area contributed by atoms with Gasteiger partial charge in [-0.15, -0.1) is 0 Å². The van der Waals surface area contributed by atoms with E-state index in [0.29, 0.717) is 0 Å². The van der Waals surface area contributed by atoms with E-state index in [1.165, 1.54) is 6.08 Å². The van der Waals surface area contributed by atoms with Crippen LogP contribution in [0, 0.1) is 5.82 Å². The van der Waals surface area contributed by atoms with E-state index in [9.17, 15) is 14.0 Å². The van der Waals surface area contributed by atoms with E-state index in [1.807, 2.05) is 5.32 Å². The van der Waals surface area contributed by atoms with Crippen LogP contribution in [0.5, 0.6) is 0 Å². The Bertz CT molecular complexity index is 550. The minimum atomic E-state index is -1.44. The Kier molecular flexibility index (Phi) is 5.31. The zero-order chi connectivity index (χ0) is 14.6. The smallest absolute Gasteiger partial charge is 0.412 e. The Morgan fingerprint density at radius 3 is 2.79 bits per heavy atom. The minimum absolute atomic E-state index is 0.0926. The van der Waals surface area contributed by atoms with Gasteiger partial charge in [0.2, 0.25) is 0 Å². The lowest BCUT2D eigenvalue weighted by Gasteiger charge is -2.11. The van der Waals surface area contributed by atoms with Crippen molar-refractivity contribution in [2.24, 2.45) is 0 Å². The molecule has 1 rings (SSSR count). The van der Waals surface area contributed by atoms with Gasteiger partial charge in [-0.05, 0) is 22.0 Å². The van der Waals surface area contributed by atoms with Crippen LogP contribution >= 0.6 is 27.5 Å². The van der Waals surface area contributed by atoms with E-state index in [4.69, 9.17) is 16.7 Å². The first-order valence-electron chi connectivity index (χ1n) is 4.84. The van der Waals surface area contributed by atoms with Crippen LogP contribution in [0.2, 0.25) is 5.02 Å².